The monoisotopic (exact) mass is 358 g/mol. The van der Waals surface area contributed by atoms with Crippen LogP contribution in [0.2, 0.25) is 0 Å². The fourth-order valence-electron chi connectivity index (χ4n) is 2.44. The molecular formula is C19H26N4OS. The number of aliphatic imine (C=N–C) groups is 1. The zero-order chi connectivity index (χ0) is 18.1. The Balaban J connectivity index is 1.84. The zero-order valence-electron chi connectivity index (χ0n) is 15.1. The summed E-state index contributed by atoms with van der Waals surface area (Å²) in [6, 6.07) is 7.98. The van der Waals surface area contributed by atoms with Crippen LogP contribution in [-0.4, -0.2) is 31.1 Å². The highest BCUT2D eigenvalue weighted by Gasteiger charge is 2.06. The van der Waals surface area contributed by atoms with E-state index in [-0.39, 0.29) is 0 Å². The van der Waals surface area contributed by atoms with Crippen molar-refractivity contribution in [1.82, 2.24) is 15.6 Å². The lowest BCUT2D eigenvalue weighted by Gasteiger charge is -2.14. The average Bonchev–Trinajstić information content (AvgIpc) is 2.94. The van der Waals surface area contributed by atoms with Crippen LogP contribution in [0, 0.1) is 13.8 Å². The van der Waals surface area contributed by atoms with E-state index < -0.39 is 0 Å². The number of aryl methyl sites for hydroxylation is 2. The molecule has 0 bridgehead atoms. The maximum absolute atomic E-state index is 5.68. The van der Waals surface area contributed by atoms with Gasteiger partial charge in [-0.2, -0.15) is 0 Å². The van der Waals surface area contributed by atoms with Crippen LogP contribution in [0.3, 0.4) is 0 Å². The highest BCUT2D eigenvalue weighted by atomic mass is 32.1. The van der Waals surface area contributed by atoms with E-state index in [0.717, 1.165) is 40.9 Å². The fourth-order valence-corrected chi connectivity index (χ4v) is 3.38. The number of hydrogen-bond acceptors (Lipinski definition) is 4. The number of ether oxygens (including phenoxy) is 1. The molecule has 0 aliphatic carbocycles. The fraction of sp³-hybridized carbons (Fsp3) is 0.368. The Bertz CT molecular complexity index is 724. The maximum Gasteiger partial charge on any atom is 0.191 e. The second-order valence-electron chi connectivity index (χ2n) is 5.55. The summed E-state index contributed by atoms with van der Waals surface area (Å²) >= 11 is 1.76. The van der Waals surface area contributed by atoms with E-state index in [1.165, 1.54) is 4.88 Å². The highest BCUT2D eigenvalue weighted by Crippen LogP contribution is 2.18. The van der Waals surface area contributed by atoms with Gasteiger partial charge in [-0.15, -0.1) is 11.3 Å². The lowest BCUT2D eigenvalue weighted by Crippen LogP contribution is -2.37. The summed E-state index contributed by atoms with van der Waals surface area (Å²) in [6.07, 6.45) is 2.69. The number of guanidine groups is 1. The number of nitrogens with zero attached hydrogens (tertiary/aromatic N) is 2. The standard InChI is InChI=1S/C19H26N4OS/c1-5-12-24-17-9-7-6-8-16(17)13-22-19(20-4)21-11-10-18-14(2)23-15(3)25-18/h5-9H,1,10-13H2,2-4H3,(H2,20,21,22). The SMILES string of the molecule is C=CCOc1ccccc1CNC(=NC)NCCc1sc(C)nc1C. The molecule has 0 saturated carbocycles. The molecule has 1 aromatic heterocycles. The van der Waals surface area contributed by atoms with E-state index >= 15 is 0 Å². The van der Waals surface area contributed by atoms with Crippen LogP contribution in [0.1, 0.15) is 21.1 Å². The second-order valence-corrected chi connectivity index (χ2v) is 6.84. The van der Waals surface area contributed by atoms with Gasteiger partial charge in [-0.3, -0.25) is 4.99 Å². The summed E-state index contributed by atoms with van der Waals surface area (Å²) < 4.78 is 5.68. The molecule has 134 valence electrons. The minimum absolute atomic E-state index is 0.498. The van der Waals surface area contributed by atoms with Crippen molar-refractivity contribution in [3.63, 3.8) is 0 Å². The van der Waals surface area contributed by atoms with Crippen LogP contribution < -0.4 is 15.4 Å². The molecule has 2 rings (SSSR count). The third kappa shape index (κ3) is 5.90. The van der Waals surface area contributed by atoms with Crippen LogP contribution in [-0.2, 0) is 13.0 Å². The molecule has 1 heterocycles. The van der Waals surface area contributed by atoms with Gasteiger partial charge >= 0.3 is 0 Å². The van der Waals surface area contributed by atoms with Gasteiger partial charge in [-0.05, 0) is 19.9 Å². The number of rotatable bonds is 8. The van der Waals surface area contributed by atoms with E-state index in [0.29, 0.717) is 13.2 Å². The normalized spacial score (nSPS) is 11.2. The van der Waals surface area contributed by atoms with Crippen molar-refractivity contribution < 1.29 is 4.74 Å². The van der Waals surface area contributed by atoms with Crippen LogP contribution in [0.25, 0.3) is 0 Å². The van der Waals surface area contributed by atoms with E-state index in [4.69, 9.17) is 4.74 Å². The van der Waals surface area contributed by atoms with Gasteiger partial charge in [0.15, 0.2) is 5.96 Å². The Morgan fingerprint density at radius 1 is 1.32 bits per heavy atom. The molecule has 0 radical (unpaired) electrons. The Morgan fingerprint density at radius 3 is 2.80 bits per heavy atom. The quantitative estimate of drug-likeness (QED) is 0.432. The van der Waals surface area contributed by atoms with Crippen molar-refractivity contribution in [2.24, 2.45) is 4.99 Å². The molecule has 25 heavy (non-hydrogen) atoms. The first-order valence-corrected chi connectivity index (χ1v) is 9.14. The van der Waals surface area contributed by atoms with Crippen molar-refractivity contribution in [3.05, 3.63) is 58.1 Å². The predicted octanol–water partition coefficient (Wildman–Crippen LogP) is 3.23. The molecule has 0 unspecified atom stereocenters. The topological polar surface area (TPSA) is 58.5 Å². The van der Waals surface area contributed by atoms with E-state index in [1.54, 1.807) is 24.5 Å². The van der Waals surface area contributed by atoms with Gasteiger partial charge in [-0.25, -0.2) is 4.98 Å². The maximum atomic E-state index is 5.68. The van der Waals surface area contributed by atoms with Crippen LogP contribution in [0.4, 0.5) is 0 Å². The predicted molar refractivity (Wildman–Crippen MR) is 106 cm³/mol. The van der Waals surface area contributed by atoms with Crippen molar-refractivity contribution in [1.29, 1.82) is 0 Å². The van der Waals surface area contributed by atoms with Crippen molar-refractivity contribution >= 4 is 17.3 Å². The molecule has 2 N–H and O–H groups in total. The molecule has 0 atom stereocenters. The number of nitrogens with one attached hydrogen (secondary N) is 2. The average molecular weight is 359 g/mol. The first-order valence-electron chi connectivity index (χ1n) is 8.33. The Kier molecular flexibility index (Phi) is 7.47. The molecule has 0 fully saturated rings. The summed E-state index contributed by atoms with van der Waals surface area (Å²) in [4.78, 5) is 10.1. The number of para-hydroxylation sites is 1. The van der Waals surface area contributed by atoms with Crippen molar-refractivity contribution in [2.75, 3.05) is 20.2 Å². The van der Waals surface area contributed by atoms with Crippen molar-refractivity contribution in [3.8, 4) is 5.75 Å². The van der Waals surface area contributed by atoms with Gasteiger partial charge in [0, 0.05) is 37.0 Å². The third-order valence-electron chi connectivity index (χ3n) is 3.64. The van der Waals surface area contributed by atoms with E-state index in [1.807, 2.05) is 31.2 Å². The Labute approximate surface area is 153 Å². The molecule has 0 amide bonds. The molecule has 5 nitrogen and oxygen atoms in total. The van der Waals surface area contributed by atoms with Gasteiger partial charge in [0.05, 0.1) is 10.7 Å². The smallest absolute Gasteiger partial charge is 0.191 e. The molecule has 0 aliphatic rings. The first kappa shape index (κ1) is 19.0. The summed E-state index contributed by atoms with van der Waals surface area (Å²) in [6.45, 7) is 9.75. The summed E-state index contributed by atoms with van der Waals surface area (Å²) in [5, 5.41) is 7.79. The molecule has 0 saturated heterocycles. The number of hydrogen-bond donors (Lipinski definition) is 2. The lowest BCUT2D eigenvalue weighted by atomic mass is 10.2. The summed E-state index contributed by atoms with van der Waals surface area (Å²) in [5.74, 6) is 1.64. The van der Waals surface area contributed by atoms with Crippen LogP contribution in [0.15, 0.2) is 41.9 Å². The molecule has 2 aromatic rings. The van der Waals surface area contributed by atoms with Gasteiger partial charge in [0.25, 0.3) is 0 Å². The third-order valence-corrected chi connectivity index (χ3v) is 4.78. The van der Waals surface area contributed by atoms with Crippen molar-refractivity contribution in [2.45, 2.75) is 26.8 Å². The zero-order valence-corrected chi connectivity index (χ0v) is 15.9. The Morgan fingerprint density at radius 2 is 2.12 bits per heavy atom. The number of thiazole rings is 1. The van der Waals surface area contributed by atoms with Gasteiger partial charge in [0.2, 0.25) is 0 Å². The molecular weight excluding hydrogens is 332 g/mol. The van der Waals surface area contributed by atoms with Gasteiger partial charge in [0.1, 0.15) is 12.4 Å². The lowest BCUT2D eigenvalue weighted by molar-refractivity contribution is 0.358. The number of benzene rings is 1. The highest BCUT2D eigenvalue weighted by molar-refractivity contribution is 7.11. The van der Waals surface area contributed by atoms with E-state index in [2.05, 4.69) is 34.1 Å². The molecule has 1 aromatic carbocycles. The van der Waals surface area contributed by atoms with Gasteiger partial charge in [-0.1, -0.05) is 30.9 Å². The largest absolute Gasteiger partial charge is 0.489 e. The molecule has 0 aliphatic heterocycles. The van der Waals surface area contributed by atoms with Gasteiger partial charge < -0.3 is 15.4 Å². The first-order chi connectivity index (χ1) is 12.1. The van der Waals surface area contributed by atoms with Crippen LogP contribution in [0.5, 0.6) is 5.75 Å². The second kappa shape index (κ2) is 9.84. The molecule has 6 heteroatoms. The molecule has 0 spiro atoms. The minimum Gasteiger partial charge on any atom is -0.489 e. The summed E-state index contributed by atoms with van der Waals surface area (Å²) in [7, 11) is 1.78. The van der Waals surface area contributed by atoms with Crippen LogP contribution >= 0.6 is 11.3 Å². The minimum atomic E-state index is 0.498. The number of aromatic nitrogens is 1. The summed E-state index contributed by atoms with van der Waals surface area (Å²) in [5.41, 5.74) is 2.21. The van der Waals surface area contributed by atoms with E-state index in [9.17, 15) is 0 Å². The Hall–Kier alpha value is -2.34.